The maximum absolute atomic E-state index is 13.2. The van der Waals surface area contributed by atoms with Gasteiger partial charge in [0.05, 0.1) is 18.1 Å². The van der Waals surface area contributed by atoms with E-state index in [2.05, 4.69) is 42.8 Å². The average Bonchev–Trinajstić information content (AvgIpc) is 3.10. The summed E-state index contributed by atoms with van der Waals surface area (Å²) in [4.78, 5) is 52.7. The first-order chi connectivity index (χ1) is 22.8. The molecule has 3 amide bonds. The van der Waals surface area contributed by atoms with E-state index in [1.54, 1.807) is 42.7 Å². The van der Waals surface area contributed by atoms with Gasteiger partial charge in [-0.2, -0.15) is 0 Å². The van der Waals surface area contributed by atoms with Crippen molar-refractivity contribution in [2.45, 2.75) is 25.8 Å². The minimum absolute atomic E-state index is 0.0262. The van der Waals surface area contributed by atoms with Crippen molar-refractivity contribution in [3.05, 3.63) is 121 Å². The Morgan fingerprint density at radius 1 is 0.809 bits per heavy atom. The third kappa shape index (κ3) is 7.59. The predicted octanol–water partition coefficient (Wildman–Crippen LogP) is 6.17. The Kier molecular flexibility index (Phi) is 9.14. The van der Waals surface area contributed by atoms with Crippen molar-refractivity contribution >= 4 is 57.2 Å². The number of piperidine rings is 1. The molecule has 0 atom stereocenters. The van der Waals surface area contributed by atoms with Crippen LogP contribution in [0, 0.1) is 6.92 Å². The van der Waals surface area contributed by atoms with E-state index >= 15 is 0 Å². The normalized spacial score (nSPS) is 13.1. The average molecular weight is 627 g/mol. The molecule has 0 spiro atoms. The summed E-state index contributed by atoms with van der Waals surface area (Å²) in [6, 6.07) is 20.5. The zero-order valence-electron chi connectivity index (χ0n) is 25.9. The summed E-state index contributed by atoms with van der Waals surface area (Å²) in [5.74, 6) is -0.275. The summed E-state index contributed by atoms with van der Waals surface area (Å²) in [7, 11) is 0. The molecular formula is C36H34N8O3. The molecule has 3 heterocycles. The van der Waals surface area contributed by atoms with Gasteiger partial charge in [-0.25, -0.2) is 9.97 Å². The molecule has 11 nitrogen and oxygen atoms in total. The van der Waals surface area contributed by atoms with Crippen LogP contribution in [0.25, 0.3) is 10.8 Å². The van der Waals surface area contributed by atoms with Crippen LogP contribution in [0.4, 0.5) is 28.7 Å². The standard InChI is InChI=1S/C36H34N8O3/c1-3-33(45)44-15-12-27(13-16-44)40-28-5-4-6-29(18-28)43-36-38-21-31(22-39-36)42-35(47)32-19-30(10-7-23(32)2)41-34(46)25-8-9-26-20-37-14-11-24(26)17-25/h3-11,14,17-22,27,40H,1,12-13,15-16H2,2H3,(H,41,46)(H,42,47)(H,38,39,43). The van der Waals surface area contributed by atoms with E-state index in [9.17, 15) is 14.4 Å². The number of rotatable bonds is 9. The molecule has 5 aromatic rings. The van der Waals surface area contributed by atoms with Crippen LogP contribution in [0.1, 0.15) is 39.1 Å². The van der Waals surface area contributed by atoms with Gasteiger partial charge >= 0.3 is 0 Å². The van der Waals surface area contributed by atoms with Crippen molar-refractivity contribution in [1.82, 2.24) is 19.9 Å². The molecule has 1 aliphatic rings. The molecule has 47 heavy (non-hydrogen) atoms. The van der Waals surface area contributed by atoms with Gasteiger partial charge in [-0.05, 0) is 85.3 Å². The lowest BCUT2D eigenvalue weighted by Gasteiger charge is -2.32. The zero-order valence-corrected chi connectivity index (χ0v) is 25.9. The quantitative estimate of drug-likeness (QED) is 0.142. The highest BCUT2D eigenvalue weighted by atomic mass is 16.2. The van der Waals surface area contributed by atoms with Crippen molar-refractivity contribution < 1.29 is 14.4 Å². The number of pyridine rings is 1. The second kappa shape index (κ2) is 13.9. The summed E-state index contributed by atoms with van der Waals surface area (Å²) in [5, 5.41) is 14.3. The molecule has 4 N–H and O–H groups in total. The monoisotopic (exact) mass is 626 g/mol. The van der Waals surface area contributed by atoms with Gasteiger partial charge in [0.25, 0.3) is 11.8 Å². The minimum Gasteiger partial charge on any atom is -0.382 e. The first-order valence-corrected chi connectivity index (χ1v) is 15.3. The predicted molar refractivity (Wildman–Crippen MR) is 184 cm³/mol. The number of carbonyl (C=O) groups excluding carboxylic acids is 3. The fourth-order valence-electron chi connectivity index (χ4n) is 5.45. The van der Waals surface area contributed by atoms with E-state index in [0.29, 0.717) is 41.5 Å². The second-order valence-corrected chi connectivity index (χ2v) is 11.3. The number of nitrogens with zero attached hydrogens (tertiary/aromatic N) is 4. The lowest BCUT2D eigenvalue weighted by atomic mass is 10.0. The van der Waals surface area contributed by atoms with Crippen LogP contribution in [-0.2, 0) is 4.79 Å². The maximum Gasteiger partial charge on any atom is 0.256 e. The third-order valence-corrected chi connectivity index (χ3v) is 8.02. The van der Waals surface area contributed by atoms with E-state index in [-0.39, 0.29) is 23.8 Å². The van der Waals surface area contributed by atoms with Gasteiger partial charge in [0.15, 0.2) is 0 Å². The van der Waals surface area contributed by atoms with Crippen molar-refractivity contribution in [3.63, 3.8) is 0 Å². The smallest absolute Gasteiger partial charge is 0.256 e. The Morgan fingerprint density at radius 2 is 1.57 bits per heavy atom. The molecule has 0 radical (unpaired) electrons. The van der Waals surface area contributed by atoms with E-state index in [1.807, 2.05) is 48.2 Å². The second-order valence-electron chi connectivity index (χ2n) is 11.3. The minimum atomic E-state index is -0.348. The molecule has 1 fully saturated rings. The summed E-state index contributed by atoms with van der Waals surface area (Å²) in [5.41, 5.74) is 4.36. The number of carbonyl (C=O) groups is 3. The van der Waals surface area contributed by atoms with Crippen LogP contribution in [0.2, 0.25) is 0 Å². The van der Waals surface area contributed by atoms with Crippen molar-refractivity contribution in [1.29, 1.82) is 0 Å². The number of anilines is 5. The van der Waals surface area contributed by atoms with Crippen LogP contribution in [0.3, 0.4) is 0 Å². The number of amides is 3. The molecule has 1 saturated heterocycles. The topological polar surface area (TPSA) is 141 Å². The first kappa shape index (κ1) is 30.9. The van der Waals surface area contributed by atoms with E-state index < -0.39 is 0 Å². The molecule has 11 heteroatoms. The Hall–Kier alpha value is -6.10. The van der Waals surface area contributed by atoms with Gasteiger partial charge in [0.1, 0.15) is 0 Å². The lowest BCUT2D eigenvalue weighted by Crippen LogP contribution is -2.41. The molecule has 0 saturated carbocycles. The molecule has 2 aromatic heterocycles. The van der Waals surface area contributed by atoms with E-state index in [4.69, 9.17) is 0 Å². The molecule has 236 valence electrons. The third-order valence-electron chi connectivity index (χ3n) is 8.02. The number of nitrogens with one attached hydrogen (secondary N) is 4. The van der Waals surface area contributed by atoms with Crippen molar-refractivity contribution in [2.75, 3.05) is 34.4 Å². The Morgan fingerprint density at radius 3 is 2.36 bits per heavy atom. The van der Waals surface area contributed by atoms with Crippen molar-refractivity contribution in [3.8, 4) is 0 Å². The van der Waals surface area contributed by atoms with Crippen LogP contribution < -0.4 is 21.3 Å². The lowest BCUT2D eigenvalue weighted by molar-refractivity contribution is -0.126. The molecular weight excluding hydrogens is 592 g/mol. The summed E-state index contributed by atoms with van der Waals surface area (Å²) in [6.07, 6.45) is 9.57. The highest BCUT2D eigenvalue weighted by Crippen LogP contribution is 2.23. The number of aryl methyl sites for hydroxylation is 1. The SMILES string of the molecule is C=CC(=O)N1CCC(Nc2cccc(Nc3ncc(NC(=O)c4cc(NC(=O)c5ccc6cnccc6c5)ccc4C)cn3)c2)CC1. The van der Waals surface area contributed by atoms with Gasteiger partial charge in [0.2, 0.25) is 11.9 Å². The van der Waals surface area contributed by atoms with Crippen LogP contribution in [0.5, 0.6) is 0 Å². The number of hydrogen-bond acceptors (Lipinski definition) is 8. The summed E-state index contributed by atoms with van der Waals surface area (Å²) < 4.78 is 0. The van der Waals surface area contributed by atoms with E-state index in [1.165, 1.54) is 18.5 Å². The van der Waals surface area contributed by atoms with Gasteiger partial charge in [-0.1, -0.05) is 24.8 Å². The van der Waals surface area contributed by atoms with Crippen LogP contribution >= 0.6 is 0 Å². The first-order valence-electron chi connectivity index (χ1n) is 15.3. The fourth-order valence-corrected chi connectivity index (χ4v) is 5.45. The number of hydrogen-bond donors (Lipinski definition) is 4. The van der Waals surface area contributed by atoms with Gasteiger partial charge < -0.3 is 26.2 Å². The molecule has 0 aliphatic carbocycles. The molecule has 1 aliphatic heterocycles. The van der Waals surface area contributed by atoms with Crippen molar-refractivity contribution in [2.24, 2.45) is 0 Å². The van der Waals surface area contributed by atoms with Crippen LogP contribution in [-0.4, -0.2) is 56.7 Å². The van der Waals surface area contributed by atoms with Gasteiger partial charge in [-0.15, -0.1) is 0 Å². The molecule has 3 aromatic carbocycles. The molecule has 0 unspecified atom stereocenters. The largest absolute Gasteiger partial charge is 0.382 e. The molecule has 0 bridgehead atoms. The maximum atomic E-state index is 13.2. The number of aromatic nitrogens is 3. The zero-order chi connectivity index (χ0) is 32.8. The van der Waals surface area contributed by atoms with Gasteiger partial charge in [-0.3, -0.25) is 19.4 Å². The number of fused-ring (bicyclic) bond motifs is 1. The van der Waals surface area contributed by atoms with E-state index in [0.717, 1.165) is 40.6 Å². The van der Waals surface area contributed by atoms with Gasteiger partial charge in [0, 0.05) is 65.1 Å². The summed E-state index contributed by atoms with van der Waals surface area (Å²) >= 11 is 0. The number of likely N-dealkylation sites (tertiary alicyclic amines) is 1. The number of benzene rings is 3. The highest BCUT2D eigenvalue weighted by molar-refractivity contribution is 6.09. The Bertz CT molecular complexity index is 1950. The highest BCUT2D eigenvalue weighted by Gasteiger charge is 2.21. The molecule has 6 rings (SSSR count). The van der Waals surface area contributed by atoms with Crippen LogP contribution in [0.15, 0.2) is 104 Å². The summed E-state index contributed by atoms with van der Waals surface area (Å²) in [6.45, 7) is 6.79. The fraction of sp³-hybridized carbons (Fsp3) is 0.167. The Balaban J connectivity index is 1.05. The Labute approximate surface area is 272 Å².